The van der Waals surface area contributed by atoms with Crippen LogP contribution in [0.5, 0.6) is 5.75 Å². The largest absolute Gasteiger partial charge is 0.483 e. The van der Waals surface area contributed by atoms with Crippen LogP contribution in [0.2, 0.25) is 0 Å². The van der Waals surface area contributed by atoms with Gasteiger partial charge in [-0.15, -0.1) is 0 Å². The molecule has 0 atom stereocenters. The topological polar surface area (TPSA) is 21.3 Å². The van der Waals surface area contributed by atoms with E-state index >= 15 is 0 Å². The lowest BCUT2D eigenvalue weighted by molar-refractivity contribution is 0.0593. The molecule has 1 heterocycles. The molecule has 2 aliphatic rings. The highest BCUT2D eigenvalue weighted by molar-refractivity contribution is 5.58. The van der Waals surface area contributed by atoms with Crippen LogP contribution in [0, 0.1) is 0 Å². The Morgan fingerprint density at radius 2 is 1.75 bits per heavy atom. The van der Waals surface area contributed by atoms with Gasteiger partial charge in [0.15, 0.2) is 0 Å². The lowest BCUT2D eigenvalue weighted by Crippen LogP contribution is -2.45. The zero-order valence-electron chi connectivity index (χ0n) is 9.67. The monoisotopic (exact) mass is 217 g/mol. The van der Waals surface area contributed by atoms with Crippen LogP contribution in [-0.2, 0) is 0 Å². The second-order valence-electron chi connectivity index (χ2n) is 5.05. The molecular formula is C14H19NO. The van der Waals surface area contributed by atoms with Gasteiger partial charge in [0, 0.05) is 0 Å². The van der Waals surface area contributed by atoms with Gasteiger partial charge in [-0.2, -0.15) is 0 Å². The molecule has 0 saturated heterocycles. The SMILES string of the molecule is c1ccc2c(c1)NCC1(CCCCCC1)O2. The molecule has 1 spiro atoms. The molecule has 0 bridgehead atoms. The highest BCUT2D eigenvalue weighted by atomic mass is 16.5. The fourth-order valence-corrected chi connectivity index (χ4v) is 2.88. The molecule has 1 aromatic carbocycles. The molecule has 0 unspecified atom stereocenters. The van der Waals surface area contributed by atoms with Crippen molar-refractivity contribution in [2.75, 3.05) is 11.9 Å². The van der Waals surface area contributed by atoms with E-state index in [9.17, 15) is 0 Å². The Balaban J connectivity index is 1.85. The molecule has 1 N–H and O–H groups in total. The number of benzene rings is 1. The number of para-hydroxylation sites is 2. The van der Waals surface area contributed by atoms with Crippen molar-refractivity contribution < 1.29 is 4.74 Å². The zero-order valence-corrected chi connectivity index (χ0v) is 9.67. The minimum Gasteiger partial charge on any atom is -0.483 e. The predicted octanol–water partition coefficient (Wildman–Crippen LogP) is 3.58. The van der Waals surface area contributed by atoms with Crippen molar-refractivity contribution in [3.8, 4) is 5.75 Å². The number of hydrogen-bond donors (Lipinski definition) is 1. The van der Waals surface area contributed by atoms with Crippen LogP contribution in [-0.4, -0.2) is 12.1 Å². The highest BCUT2D eigenvalue weighted by Crippen LogP contribution is 2.38. The molecule has 1 fully saturated rings. The molecule has 2 nitrogen and oxygen atoms in total. The van der Waals surface area contributed by atoms with E-state index in [4.69, 9.17) is 4.74 Å². The summed E-state index contributed by atoms with van der Waals surface area (Å²) in [7, 11) is 0. The third-order valence-corrected chi connectivity index (χ3v) is 3.83. The van der Waals surface area contributed by atoms with Gasteiger partial charge in [-0.1, -0.05) is 25.0 Å². The summed E-state index contributed by atoms with van der Waals surface area (Å²) in [5, 5.41) is 3.53. The fourth-order valence-electron chi connectivity index (χ4n) is 2.88. The van der Waals surface area contributed by atoms with Crippen LogP contribution in [0.1, 0.15) is 38.5 Å². The van der Waals surface area contributed by atoms with E-state index in [1.165, 1.54) is 38.5 Å². The van der Waals surface area contributed by atoms with Crippen LogP contribution < -0.4 is 10.1 Å². The van der Waals surface area contributed by atoms with Crippen LogP contribution in [0.4, 0.5) is 5.69 Å². The van der Waals surface area contributed by atoms with Gasteiger partial charge in [0.2, 0.25) is 0 Å². The second-order valence-corrected chi connectivity index (χ2v) is 5.05. The third-order valence-electron chi connectivity index (χ3n) is 3.83. The van der Waals surface area contributed by atoms with Crippen molar-refractivity contribution in [2.24, 2.45) is 0 Å². The first kappa shape index (κ1) is 10.0. The molecule has 1 aliphatic carbocycles. The van der Waals surface area contributed by atoms with Gasteiger partial charge in [-0.3, -0.25) is 0 Å². The quantitative estimate of drug-likeness (QED) is 0.717. The Kier molecular flexibility index (Phi) is 2.50. The fraction of sp³-hybridized carbons (Fsp3) is 0.571. The summed E-state index contributed by atoms with van der Waals surface area (Å²) in [6.07, 6.45) is 7.76. The van der Waals surface area contributed by atoms with E-state index in [0.29, 0.717) is 0 Å². The first-order valence-corrected chi connectivity index (χ1v) is 6.40. The summed E-state index contributed by atoms with van der Waals surface area (Å²) >= 11 is 0. The smallest absolute Gasteiger partial charge is 0.143 e. The molecule has 0 aromatic heterocycles. The Labute approximate surface area is 97.0 Å². The zero-order chi connectivity index (χ0) is 10.8. The normalized spacial score (nSPS) is 22.8. The predicted molar refractivity (Wildman–Crippen MR) is 66.0 cm³/mol. The molecule has 1 saturated carbocycles. The van der Waals surface area contributed by atoms with Crippen LogP contribution >= 0.6 is 0 Å². The van der Waals surface area contributed by atoms with Gasteiger partial charge in [-0.05, 0) is 37.8 Å². The van der Waals surface area contributed by atoms with Gasteiger partial charge in [0.05, 0.1) is 12.2 Å². The van der Waals surface area contributed by atoms with Gasteiger partial charge < -0.3 is 10.1 Å². The van der Waals surface area contributed by atoms with Crippen molar-refractivity contribution in [1.82, 2.24) is 0 Å². The van der Waals surface area contributed by atoms with Gasteiger partial charge >= 0.3 is 0 Å². The minimum atomic E-state index is 0.0743. The van der Waals surface area contributed by atoms with Crippen LogP contribution in [0.3, 0.4) is 0 Å². The van der Waals surface area contributed by atoms with Crippen molar-refractivity contribution in [1.29, 1.82) is 0 Å². The molecule has 1 aromatic rings. The standard InChI is InChI=1S/C14H19NO/c1-2-6-10-14(9-5-1)11-15-12-7-3-4-8-13(12)16-14/h3-4,7-8,15H,1-2,5-6,9-11H2. The Bertz CT molecular complexity index is 367. The Hall–Kier alpha value is -1.18. The first-order valence-electron chi connectivity index (χ1n) is 6.40. The van der Waals surface area contributed by atoms with E-state index in [-0.39, 0.29) is 5.60 Å². The Morgan fingerprint density at radius 1 is 1.00 bits per heavy atom. The second kappa shape index (κ2) is 4.00. The number of ether oxygens (including phenoxy) is 1. The average molecular weight is 217 g/mol. The molecule has 0 amide bonds. The lowest BCUT2D eigenvalue weighted by atomic mass is 9.92. The molecule has 1 aliphatic heterocycles. The molecular weight excluding hydrogens is 198 g/mol. The first-order chi connectivity index (χ1) is 7.88. The van der Waals surface area contributed by atoms with E-state index in [1.54, 1.807) is 0 Å². The number of nitrogens with one attached hydrogen (secondary N) is 1. The Morgan fingerprint density at radius 3 is 2.56 bits per heavy atom. The summed E-state index contributed by atoms with van der Waals surface area (Å²) in [5.74, 6) is 1.04. The highest BCUT2D eigenvalue weighted by Gasteiger charge is 2.36. The lowest BCUT2D eigenvalue weighted by Gasteiger charge is -2.38. The third kappa shape index (κ3) is 1.77. The number of fused-ring (bicyclic) bond motifs is 1. The summed E-state index contributed by atoms with van der Waals surface area (Å²) < 4.78 is 6.28. The molecule has 3 rings (SSSR count). The van der Waals surface area contributed by atoms with Gasteiger partial charge in [-0.25, -0.2) is 0 Å². The maximum absolute atomic E-state index is 6.28. The molecule has 0 radical (unpaired) electrons. The van der Waals surface area contributed by atoms with Gasteiger partial charge in [0.25, 0.3) is 0 Å². The van der Waals surface area contributed by atoms with Crippen molar-refractivity contribution in [2.45, 2.75) is 44.1 Å². The maximum atomic E-state index is 6.28. The van der Waals surface area contributed by atoms with Crippen molar-refractivity contribution in [3.63, 3.8) is 0 Å². The van der Waals surface area contributed by atoms with Crippen molar-refractivity contribution in [3.05, 3.63) is 24.3 Å². The molecule has 86 valence electrons. The number of hydrogen-bond acceptors (Lipinski definition) is 2. The summed E-state index contributed by atoms with van der Waals surface area (Å²) in [5.41, 5.74) is 1.22. The molecule has 16 heavy (non-hydrogen) atoms. The van der Waals surface area contributed by atoms with E-state index < -0.39 is 0 Å². The van der Waals surface area contributed by atoms with Crippen molar-refractivity contribution >= 4 is 5.69 Å². The average Bonchev–Trinajstić information content (AvgIpc) is 2.55. The van der Waals surface area contributed by atoms with E-state index in [0.717, 1.165) is 18.0 Å². The summed E-state index contributed by atoms with van der Waals surface area (Å²) in [6, 6.07) is 8.28. The van der Waals surface area contributed by atoms with Gasteiger partial charge in [0.1, 0.15) is 11.4 Å². The number of rotatable bonds is 0. The maximum Gasteiger partial charge on any atom is 0.143 e. The summed E-state index contributed by atoms with van der Waals surface area (Å²) in [6.45, 7) is 0.976. The van der Waals surface area contributed by atoms with Crippen LogP contribution in [0.15, 0.2) is 24.3 Å². The van der Waals surface area contributed by atoms with E-state index in [1.807, 2.05) is 0 Å². The number of anilines is 1. The summed E-state index contributed by atoms with van der Waals surface area (Å²) in [4.78, 5) is 0. The molecule has 2 heteroatoms. The van der Waals surface area contributed by atoms with E-state index in [2.05, 4.69) is 29.6 Å². The minimum absolute atomic E-state index is 0.0743. The van der Waals surface area contributed by atoms with Crippen LogP contribution in [0.25, 0.3) is 0 Å².